The van der Waals surface area contributed by atoms with Crippen molar-refractivity contribution in [3.05, 3.63) is 29.6 Å². The SMILES string of the molecule is CCC(CC)(CN)C(=O)Nc1nc(-c2ccccc2OC)cs1. The van der Waals surface area contributed by atoms with Crippen LogP contribution in [0.15, 0.2) is 29.6 Å². The lowest BCUT2D eigenvalue weighted by Crippen LogP contribution is -2.41. The molecule has 0 saturated heterocycles. The summed E-state index contributed by atoms with van der Waals surface area (Å²) in [5.74, 6) is 0.694. The third-order valence-corrected chi connectivity index (χ3v) is 5.09. The van der Waals surface area contributed by atoms with Crippen molar-refractivity contribution in [2.75, 3.05) is 19.0 Å². The van der Waals surface area contributed by atoms with E-state index in [9.17, 15) is 4.79 Å². The number of carbonyl (C=O) groups is 1. The Kier molecular flexibility index (Phi) is 5.74. The Labute approximate surface area is 140 Å². The molecule has 2 rings (SSSR count). The summed E-state index contributed by atoms with van der Waals surface area (Å²) in [4.78, 5) is 17.1. The number of ether oxygens (including phenoxy) is 1. The van der Waals surface area contributed by atoms with Crippen molar-refractivity contribution < 1.29 is 9.53 Å². The van der Waals surface area contributed by atoms with Crippen molar-refractivity contribution >= 4 is 22.4 Å². The quantitative estimate of drug-likeness (QED) is 0.812. The van der Waals surface area contributed by atoms with Gasteiger partial charge in [-0.1, -0.05) is 26.0 Å². The van der Waals surface area contributed by atoms with Crippen molar-refractivity contribution in [1.82, 2.24) is 4.98 Å². The van der Waals surface area contributed by atoms with Gasteiger partial charge in [-0.3, -0.25) is 4.79 Å². The first-order valence-corrected chi connectivity index (χ1v) is 8.58. The van der Waals surface area contributed by atoms with Gasteiger partial charge in [0.05, 0.1) is 18.2 Å². The van der Waals surface area contributed by atoms with Crippen LogP contribution in [-0.2, 0) is 4.79 Å². The van der Waals surface area contributed by atoms with E-state index in [2.05, 4.69) is 10.3 Å². The van der Waals surface area contributed by atoms with Crippen LogP contribution in [0.25, 0.3) is 11.3 Å². The average Bonchev–Trinajstić information content (AvgIpc) is 3.05. The molecule has 0 aliphatic rings. The van der Waals surface area contributed by atoms with Gasteiger partial charge in [0.2, 0.25) is 5.91 Å². The molecule has 0 atom stereocenters. The highest BCUT2D eigenvalue weighted by Crippen LogP contribution is 2.33. The Balaban J connectivity index is 2.21. The summed E-state index contributed by atoms with van der Waals surface area (Å²) >= 11 is 1.40. The number of nitrogens with two attached hydrogens (primary N) is 1. The Hall–Kier alpha value is -1.92. The number of benzene rings is 1. The van der Waals surface area contributed by atoms with E-state index < -0.39 is 5.41 Å². The van der Waals surface area contributed by atoms with Crippen LogP contribution in [0.3, 0.4) is 0 Å². The molecule has 23 heavy (non-hydrogen) atoms. The third-order valence-electron chi connectivity index (χ3n) is 4.33. The van der Waals surface area contributed by atoms with Gasteiger partial charge in [-0.05, 0) is 25.0 Å². The van der Waals surface area contributed by atoms with E-state index in [1.807, 2.05) is 43.5 Å². The molecule has 0 aliphatic carbocycles. The topological polar surface area (TPSA) is 77.2 Å². The largest absolute Gasteiger partial charge is 0.496 e. The normalized spacial score (nSPS) is 11.3. The number of hydrogen-bond donors (Lipinski definition) is 2. The lowest BCUT2D eigenvalue weighted by Gasteiger charge is -2.27. The number of thiazole rings is 1. The highest BCUT2D eigenvalue weighted by atomic mass is 32.1. The smallest absolute Gasteiger partial charge is 0.233 e. The minimum Gasteiger partial charge on any atom is -0.496 e. The molecule has 5 nitrogen and oxygen atoms in total. The van der Waals surface area contributed by atoms with Gasteiger partial charge in [0.1, 0.15) is 5.75 Å². The van der Waals surface area contributed by atoms with Gasteiger partial charge in [0.15, 0.2) is 5.13 Å². The molecule has 0 fully saturated rings. The Morgan fingerprint density at radius 3 is 2.65 bits per heavy atom. The first-order valence-electron chi connectivity index (χ1n) is 7.70. The molecule has 0 radical (unpaired) electrons. The number of para-hydroxylation sites is 1. The van der Waals surface area contributed by atoms with Crippen LogP contribution in [0.5, 0.6) is 5.75 Å². The number of amides is 1. The maximum Gasteiger partial charge on any atom is 0.233 e. The molecule has 1 amide bonds. The number of carbonyl (C=O) groups excluding carboxylic acids is 1. The minimum atomic E-state index is -0.531. The van der Waals surface area contributed by atoms with Gasteiger partial charge in [0.25, 0.3) is 0 Å². The van der Waals surface area contributed by atoms with Crippen LogP contribution >= 0.6 is 11.3 Å². The Morgan fingerprint density at radius 2 is 2.04 bits per heavy atom. The van der Waals surface area contributed by atoms with Crippen molar-refractivity contribution in [3.8, 4) is 17.0 Å². The van der Waals surface area contributed by atoms with E-state index in [1.165, 1.54) is 11.3 Å². The summed E-state index contributed by atoms with van der Waals surface area (Å²) < 4.78 is 5.36. The Morgan fingerprint density at radius 1 is 1.35 bits per heavy atom. The molecule has 0 unspecified atom stereocenters. The predicted octanol–water partition coefficient (Wildman–Crippen LogP) is 3.52. The third kappa shape index (κ3) is 3.54. The van der Waals surface area contributed by atoms with Gasteiger partial charge in [0, 0.05) is 17.5 Å². The van der Waals surface area contributed by atoms with Crippen LogP contribution in [0.4, 0.5) is 5.13 Å². The Bertz CT molecular complexity index is 657. The van der Waals surface area contributed by atoms with Crippen LogP contribution in [0, 0.1) is 5.41 Å². The second kappa shape index (κ2) is 7.57. The number of anilines is 1. The van der Waals surface area contributed by atoms with E-state index >= 15 is 0 Å². The molecule has 1 aromatic heterocycles. The van der Waals surface area contributed by atoms with Crippen LogP contribution in [-0.4, -0.2) is 24.5 Å². The number of aromatic nitrogens is 1. The molecule has 0 aliphatic heterocycles. The van der Waals surface area contributed by atoms with E-state index in [4.69, 9.17) is 10.5 Å². The maximum absolute atomic E-state index is 12.5. The molecule has 1 heterocycles. The van der Waals surface area contributed by atoms with Crippen molar-refractivity contribution in [2.45, 2.75) is 26.7 Å². The molecule has 2 aromatic rings. The maximum atomic E-state index is 12.5. The minimum absolute atomic E-state index is 0.0640. The van der Waals surface area contributed by atoms with Crippen molar-refractivity contribution in [2.24, 2.45) is 11.1 Å². The van der Waals surface area contributed by atoms with Gasteiger partial charge < -0.3 is 15.8 Å². The number of rotatable bonds is 7. The van der Waals surface area contributed by atoms with E-state index in [0.717, 1.165) is 17.0 Å². The van der Waals surface area contributed by atoms with Crippen LogP contribution < -0.4 is 15.8 Å². The molecule has 124 valence electrons. The standard InChI is InChI=1S/C17H23N3O2S/c1-4-17(5-2,11-18)15(21)20-16-19-13(10-23-16)12-8-6-7-9-14(12)22-3/h6-10H,4-5,11,18H2,1-3H3,(H,19,20,21). The first kappa shape index (κ1) is 17.4. The zero-order valence-corrected chi connectivity index (χ0v) is 14.6. The number of methoxy groups -OCH3 is 1. The number of nitrogens with zero attached hydrogens (tertiary/aromatic N) is 1. The molecular formula is C17H23N3O2S. The first-order chi connectivity index (χ1) is 11.1. The summed E-state index contributed by atoms with van der Waals surface area (Å²) in [6.07, 6.45) is 1.41. The zero-order valence-electron chi connectivity index (χ0n) is 13.8. The summed E-state index contributed by atoms with van der Waals surface area (Å²) in [6.45, 7) is 4.30. The second-order valence-corrected chi connectivity index (χ2v) is 6.24. The highest BCUT2D eigenvalue weighted by molar-refractivity contribution is 7.14. The van der Waals surface area contributed by atoms with Gasteiger partial charge in [-0.25, -0.2) is 4.98 Å². The predicted molar refractivity (Wildman–Crippen MR) is 94.8 cm³/mol. The number of hydrogen-bond acceptors (Lipinski definition) is 5. The van der Waals surface area contributed by atoms with E-state index in [-0.39, 0.29) is 5.91 Å². The van der Waals surface area contributed by atoms with Crippen molar-refractivity contribution in [1.29, 1.82) is 0 Å². The lowest BCUT2D eigenvalue weighted by molar-refractivity contribution is -0.125. The fourth-order valence-electron chi connectivity index (χ4n) is 2.49. The van der Waals surface area contributed by atoms with Gasteiger partial charge >= 0.3 is 0 Å². The highest BCUT2D eigenvalue weighted by Gasteiger charge is 2.33. The average molecular weight is 333 g/mol. The van der Waals surface area contributed by atoms with Crippen LogP contribution in [0.1, 0.15) is 26.7 Å². The van der Waals surface area contributed by atoms with Crippen molar-refractivity contribution in [3.63, 3.8) is 0 Å². The zero-order chi connectivity index (χ0) is 16.9. The van der Waals surface area contributed by atoms with E-state index in [0.29, 0.717) is 24.5 Å². The fraction of sp³-hybridized carbons (Fsp3) is 0.412. The second-order valence-electron chi connectivity index (χ2n) is 5.38. The lowest BCUT2D eigenvalue weighted by atomic mass is 9.81. The summed E-state index contributed by atoms with van der Waals surface area (Å²) in [5.41, 5.74) is 6.98. The molecule has 0 bridgehead atoms. The van der Waals surface area contributed by atoms with Gasteiger partial charge in [-0.15, -0.1) is 11.3 Å². The summed E-state index contributed by atoms with van der Waals surface area (Å²) in [6, 6.07) is 7.68. The molecule has 0 spiro atoms. The molecule has 0 saturated carbocycles. The molecular weight excluding hydrogens is 310 g/mol. The molecule has 1 aromatic carbocycles. The fourth-order valence-corrected chi connectivity index (χ4v) is 3.20. The summed E-state index contributed by atoms with van der Waals surface area (Å²) in [7, 11) is 1.63. The number of nitrogens with one attached hydrogen (secondary N) is 1. The molecule has 3 N–H and O–H groups in total. The molecule has 6 heteroatoms. The van der Waals surface area contributed by atoms with Gasteiger partial charge in [-0.2, -0.15) is 0 Å². The van der Waals surface area contributed by atoms with E-state index in [1.54, 1.807) is 7.11 Å². The van der Waals surface area contributed by atoms with Crippen LogP contribution in [0.2, 0.25) is 0 Å². The summed E-state index contributed by atoms with van der Waals surface area (Å²) in [5, 5.41) is 5.40. The monoisotopic (exact) mass is 333 g/mol.